The van der Waals surface area contributed by atoms with Gasteiger partial charge in [-0.15, -0.1) is 0 Å². The van der Waals surface area contributed by atoms with Gasteiger partial charge in [-0.1, -0.05) is 59.3 Å². The van der Waals surface area contributed by atoms with Crippen LogP contribution in [0.3, 0.4) is 0 Å². The average Bonchev–Trinajstić information content (AvgIpc) is 2.75. The summed E-state index contributed by atoms with van der Waals surface area (Å²) < 4.78 is 0. The molecule has 2 atom stereocenters. The van der Waals surface area contributed by atoms with E-state index in [4.69, 9.17) is 0 Å². The average molecular weight is 414 g/mol. The van der Waals surface area contributed by atoms with Crippen LogP contribution >= 0.6 is 0 Å². The maximum atomic E-state index is 4.45. The lowest BCUT2D eigenvalue weighted by Gasteiger charge is -2.43. The summed E-state index contributed by atoms with van der Waals surface area (Å²) in [6.45, 7) is 11.2. The molecule has 172 valence electrons. The van der Waals surface area contributed by atoms with Crippen LogP contribution in [0.1, 0.15) is 117 Å². The van der Waals surface area contributed by atoms with E-state index in [1.54, 1.807) is 44.9 Å². The predicted octanol–water partition coefficient (Wildman–Crippen LogP) is 8.57. The SMILES string of the molecule is C=NC1C(C)CC(C2CCC(CC3CCC(C4CCC(C)CC4)CC3)CC2)CC1C. The molecule has 0 aromatic rings. The lowest BCUT2D eigenvalue weighted by molar-refractivity contribution is 0.0924. The minimum atomic E-state index is 0.518. The number of hydrogen-bond acceptors (Lipinski definition) is 1. The Morgan fingerprint density at radius 2 is 0.967 bits per heavy atom. The van der Waals surface area contributed by atoms with Gasteiger partial charge >= 0.3 is 0 Å². The summed E-state index contributed by atoms with van der Waals surface area (Å²) >= 11 is 0. The normalized spacial score (nSPS) is 48.2. The van der Waals surface area contributed by atoms with Gasteiger partial charge in [-0.25, -0.2) is 0 Å². The Hall–Kier alpha value is -0.330. The molecule has 0 aromatic heterocycles. The third-order valence-corrected chi connectivity index (χ3v) is 10.6. The van der Waals surface area contributed by atoms with E-state index in [0.717, 1.165) is 53.3 Å². The van der Waals surface area contributed by atoms with Crippen LogP contribution < -0.4 is 0 Å². The second kappa shape index (κ2) is 10.5. The molecular formula is C29H51N. The molecule has 4 saturated carbocycles. The van der Waals surface area contributed by atoms with Crippen LogP contribution in [-0.2, 0) is 0 Å². The van der Waals surface area contributed by atoms with Crippen LogP contribution in [0.15, 0.2) is 4.99 Å². The second-order valence-corrected chi connectivity index (χ2v) is 12.7. The fourth-order valence-corrected chi connectivity index (χ4v) is 8.66. The lowest BCUT2D eigenvalue weighted by atomic mass is 9.64. The Labute approximate surface area is 188 Å². The summed E-state index contributed by atoms with van der Waals surface area (Å²) in [7, 11) is 0. The van der Waals surface area contributed by atoms with Crippen molar-refractivity contribution in [2.75, 3.05) is 0 Å². The van der Waals surface area contributed by atoms with Crippen molar-refractivity contribution in [1.29, 1.82) is 0 Å². The molecule has 30 heavy (non-hydrogen) atoms. The molecule has 0 aliphatic heterocycles. The van der Waals surface area contributed by atoms with Gasteiger partial charge in [0, 0.05) is 0 Å². The smallest absolute Gasteiger partial charge is 0.0543 e. The monoisotopic (exact) mass is 413 g/mol. The molecule has 0 amide bonds. The topological polar surface area (TPSA) is 12.4 Å². The maximum Gasteiger partial charge on any atom is 0.0543 e. The molecule has 2 unspecified atom stereocenters. The first-order chi connectivity index (χ1) is 14.5. The Morgan fingerprint density at radius 3 is 1.40 bits per heavy atom. The molecule has 4 aliphatic rings. The van der Waals surface area contributed by atoms with Gasteiger partial charge in [0.1, 0.15) is 0 Å². The summed E-state index contributed by atoms with van der Waals surface area (Å²) in [5.74, 6) is 8.80. The molecule has 0 N–H and O–H groups in total. The van der Waals surface area contributed by atoms with Crippen LogP contribution in [0.25, 0.3) is 0 Å². The Morgan fingerprint density at radius 1 is 0.567 bits per heavy atom. The number of hydrogen-bond donors (Lipinski definition) is 0. The summed E-state index contributed by atoms with van der Waals surface area (Å²) in [5.41, 5.74) is 0. The zero-order chi connectivity index (χ0) is 21.1. The zero-order valence-electron chi connectivity index (χ0n) is 20.5. The van der Waals surface area contributed by atoms with Crippen molar-refractivity contribution in [3.63, 3.8) is 0 Å². The van der Waals surface area contributed by atoms with Gasteiger partial charge in [0.05, 0.1) is 6.04 Å². The highest BCUT2D eigenvalue weighted by Crippen LogP contribution is 2.47. The molecule has 1 nitrogen and oxygen atoms in total. The van der Waals surface area contributed by atoms with E-state index >= 15 is 0 Å². The van der Waals surface area contributed by atoms with E-state index in [1.165, 1.54) is 51.4 Å². The fraction of sp³-hybridized carbons (Fsp3) is 0.966. The van der Waals surface area contributed by atoms with Gasteiger partial charge in [0.2, 0.25) is 0 Å². The summed E-state index contributed by atoms with van der Waals surface area (Å²) in [5, 5.41) is 0. The minimum Gasteiger partial charge on any atom is -0.297 e. The Balaban J connectivity index is 1.16. The molecule has 4 fully saturated rings. The first-order valence-corrected chi connectivity index (χ1v) is 14.0. The highest BCUT2D eigenvalue weighted by atomic mass is 14.8. The zero-order valence-corrected chi connectivity index (χ0v) is 20.5. The van der Waals surface area contributed by atoms with Crippen molar-refractivity contribution in [1.82, 2.24) is 0 Å². The summed E-state index contributed by atoms with van der Waals surface area (Å²) in [4.78, 5) is 4.45. The quantitative estimate of drug-likeness (QED) is 0.400. The van der Waals surface area contributed by atoms with Gasteiger partial charge in [-0.05, 0) is 118 Å². The third-order valence-electron chi connectivity index (χ3n) is 10.6. The molecule has 1 heteroatoms. The molecule has 0 heterocycles. The van der Waals surface area contributed by atoms with Gasteiger partial charge in [0.15, 0.2) is 0 Å². The predicted molar refractivity (Wildman–Crippen MR) is 131 cm³/mol. The van der Waals surface area contributed by atoms with Crippen molar-refractivity contribution in [3.8, 4) is 0 Å². The molecule has 0 radical (unpaired) electrons. The molecule has 4 rings (SSSR count). The summed E-state index contributed by atoms with van der Waals surface area (Å²) in [6.07, 6.45) is 22.9. The number of aliphatic imine (C=N–C) groups is 1. The van der Waals surface area contributed by atoms with E-state index in [0.29, 0.717) is 6.04 Å². The molecule has 0 spiro atoms. The molecule has 0 saturated heterocycles. The Bertz CT molecular complexity index is 504. The third kappa shape index (κ3) is 5.53. The van der Waals surface area contributed by atoms with Crippen LogP contribution in [0.5, 0.6) is 0 Å². The van der Waals surface area contributed by atoms with Gasteiger partial charge in [-0.3, -0.25) is 4.99 Å². The van der Waals surface area contributed by atoms with E-state index < -0.39 is 0 Å². The Kier molecular flexibility index (Phi) is 8.02. The van der Waals surface area contributed by atoms with Gasteiger partial charge < -0.3 is 0 Å². The van der Waals surface area contributed by atoms with E-state index in [9.17, 15) is 0 Å². The van der Waals surface area contributed by atoms with Crippen LogP contribution in [-0.4, -0.2) is 12.8 Å². The van der Waals surface area contributed by atoms with Gasteiger partial charge in [-0.2, -0.15) is 0 Å². The minimum absolute atomic E-state index is 0.518. The van der Waals surface area contributed by atoms with Crippen molar-refractivity contribution >= 4 is 6.72 Å². The van der Waals surface area contributed by atoms with E-state index in [-0.39, 0.29) is 0 Å². The first-order valence-electron chi connectivity index (χ1n) is 14.0. The number of rotatable bonds is 5. The first kappa shape index (κ1) is 22.8. The largest absolute Gasteiger partial charge is 0.297 e. The fourth-order valence-electron chi connectivity index (χ4n) is 8.66. The van der Waals surface area contributed by atoms with E-state index in [2.05, 4.69) is 32.5 Å². The van der Waals surface area contributed by atoms with Crippen LogP contribution in [0.4, 0.5) is 0 Å². The van der Waals surface area contributed by atoms with Gasteiger partial charge in [0.25, 0.3) is 0 Å². The summed E-state index contributed by atoms with van der Waals surface area (Å²) in [6, 6.07) is 0.518. The molecule has 0 bridgehead atoms. The standard InChI is InChI=1S/C29H51N/c1-20-5-11-25(12-6-20)26-13-7-23(8-14-26)19-24-9-15-27(16-10-24)28-17-21(2)29(30-4)22(3)18-28/h20-29H,4-19H2,1-3H3. The number of nitrogens with zero attached hydrogens (tertiary/aromatic N) is 1. The van der Waals surface area contributed by atoms with Crippen LogP contribution in [0, 0.1) is 53.3 Å². The van der Waals surface area contributed by atoms with Crippen molar-refractivity contribution < 1.29 is 0 Å². The lowest BCUT2D eigenvalue weighted by Crippen LogP contribution is -2.37. The molecular weight excluding hydrogens is 362 g/mol. The highest BCUT2D eigenvalue weighted by Gasteiger charge is 2.38. The van der Waals surface area contributed by atoms with Crippen molar-refractivity contribution in [2.24, 2.45) is 58.3 Å². The molecule has 4 aliphatic carbocycles. The van der Waals surface area contributed by atoms with E-state index in [1.807, 2.05) is 0 Å². The van der Waals surface area contributed by atoms with Crippen molar-refractivity contribution in [3.05, 3.63) is 0 Å². The maximum absolute atomic E-state index is 4.45. The highest BCUT2D eigenvalue weighted by molar-refractivity contribution is 5.24. The molecule has 0 aromatic carbocycles. The second-order valence-electron chi connectivity index (χ2n) is 12.7. The van der Waals surface area contributed by atoms with Crippen LogP contribution in [0.2, 0.25) is 0 Å². The van der Waals surface area contributed by atoms with Crippen molar-refractivity contribution in [2.45, 2.75) is 123 Å².